The molecule has 6 nitrogen and oxygen atoms in total. The van der Waals surface area contributed by atoms with Gasteiger partial charge in [0.2, 0.25) is 0 Å². The summed E-state index contributed by atoms with van der Waals surface area (Å²) in [5, 5.41) is 1.02. The van der Waals surface area contributed by atoms with Crippen molar-refractivity contribution in [1.29, 1.82) is 0 Å². The van der Waals surface area contributed by atoms with Crippen LogP contribution in [-0.2, 0) is 4.79 Å². The van der Waals surface area contributed by atoms with E-state index in [2.05, 4.69) is 10.4 Å². The molecule has 1 amide bonds. The fourth-order valence-electron chi connectivity index (χ4n) is 2.35. The number of hydrogen-bond acceptors (Lipinski definition) is 4. The number of benzene rings is 2. The van der Waals surface area contributed by atoms with E-state index in [0.29, 0.717) is 21.7 Å². The van der Waals surface area contributed by atoms with Crippen LogP contribution >= 0.6 is 11.6 Å². The third-order valence-electron chi connectivity index (χ3n) is 3.71. The predicted molar refractivity (Wildman–Crippen MR) is 96.6 cm³/mol. The van der Waals surface area contributed by atoms with E-state index in [1.807, 2.05) is 6.92 Å². The van der Waals surface area contributed by atoms with Crippen molar-refractivity contribution in [1.82, 2.24) is 9.66 Å². The molecule has 128 valence electrons. The van der Waals surface area contributed by atoms with E-state index in [1.54, 1.807) is 49.4 Å². The molecule has 3 aromatic rings. The SMILES string of the molecule is Cc1cc(Cl)ccc1OC(C)C(=O)Nn1cnc2ccccc2c1=O. The molecule has 0 saturated carbocycles. The van der Waals surface area contributed by atoms with E-state index in [9.17, 15) is 9.59 Å². The van der Waals surface area contributed by atoms with Crippen molar-refractivity contribution in [2.75, 3.05) is 5.43 Å². The minimum Gasteiger partial charge on any atom is -0.481 e. The molecular weight excluding hydrogens is 342 g/mol. The van der Waals surface area contributed by atoms with Crippen LogP contribution in [0.4, 0.5) is 0 Å². The van der Waals surface area contributed by atoms with Gasteiger partial charge in [0, 0.05) is 5.02 Å². The number of rotatable bonds is 4. The zero-order valence-corrected chi connectivity index (χ0v) is 14.4. The number of para-hydroxylation sites is 1. The number of nitrogens with one attached hydrogen (secondary N) is 1. The van der Waals surface area contributed by atoms with Crippen LogP contribution < -0.4 is 15.7 Å². The molecular formula is C18H16ClN3O3. The highest BCUT2D eigenvalue weighted by Crippen LogP contribution is 2.22. The van der Waals surface area contributed by atoms with E-state index < -0.39 is 12.0 Å². The highest BCUT2D eigenvalue weighted by atomic mass is 35.5. The van der Waals surface area contributed by atoms with Gasteiger partial charge in [-0.15, -0.1) is 0 Å². The number of fused-ring (bicyclic) bond motifs is 1. The van der Waals surface area contributed by atoms with Crippen molar-refractivity contribution in [3.8, 4) is 5.75 Å². The number of amides is 1. The third kappa shape index (κ3) is 3.64. The Morgan fingerprint density at radius 2 is 2.04 bits per heavy atom. The normalized spacial score (nSPS) is 12.0. The zero-order chi connectivity index (χ0) is 18.0. The van der Waals surface area contributed by atoms with E-state index in [0.717, 1.165) is 10.2 Å². The molecule has 0 bridgehead atoms. The topological polar surface area (TPSA) is 73.2 Å². The summed E-state index contributed by atoms with van der Waals surface area (Å²) in [4.78, 5) is 28.9. The number of aromatic nitrogens is 2. The Hall–Kier alpha value is -2.86. The van der Waals surface area contributed by atoms with Crippen molar-refractivity contribution in [2.24, 2.45) is 0 Å². The van der Waals surface area contributed by atoms with Crippen molar-refractivity contribution >= 4 is 28.4 Å². The monoisotopic (exact) mass is 357 g/mol. The number of aryl methyl sites for hydroxylation is 1. The molecule has 25 heavy (non-hydrogen) atoms. The Labute approximate surface area is 149 Å². The standard InChI is InChI=1S/C18H16ClN3O3/c1-11-9-13(19)7-8-16(11)25-12(2)17(23)21-22-10-20-15-6-4-3-5-14(15)18(22)24/h3-10,12H,1-2H3,(H,21,23). The molecule has 0 spiro atoms. The summed E-state index contributed by atoms with van der Waals surface area (Å²) in [7, 11) is 0. The molecule has 0 aliphatic heterocycles. The first-order valence-electron chi connectivity index (χ1n) is 7.66. The van der Waals surface area contributed by atoms with Gasteiger partial charge in [0.05, 0.1) is 10.9 Å². The molecule has 7 heteroatoms. The molecule has 1 N–H and O–H groups in total. The number of halogens is 1. The fraction of sp³-hybridized carbons (Fsp3) is 0.167. The maximum atomic E-state index is 12.4. The van der Waals surface area contributed by atoms with Crippen molar-refractivity contribution in [2.45, 2.75) is 20.0 Å². The van der Waals surface area contributed by atoms with Crippen LogP contribution in [0, 0.1) is 6.92 Å². The molecule has 0 aliphatic rings. The number of hydrogen-bond donors (Lipinski definition) is 1. The Morgan fingerprint density at radius 1 is 1.28 bits per heavy atom. The van der Waals surface area contributed by atoms with Crippen LogP contribution in [-0.4, -0.2) is 21.7 Å². The van der Waals surface area contributed by atoms with E-state index >= 15 is 0 Å². The summed E-state index contributed by atoms with van der Waals surface area (Å²) >= 11 is 5.91. The van der Waals surface area contributed by atoms with Gasteiger partial charge in [-0.1, -0.05) is 23.7 Å². The second-order valence-electron chi connectivity index (χ2n) is 5.58. The van der Waals surface area contributed by atoms with Gasteiger partial charge >= 0.3 is 0 Å². The van der Waals surface area contributed by atoms with Gasteiger partial charge in [0.15, 0.2) is 6.10 Å². The maximum absolute atomic E-state index is 12.4. The third-order valence-corrected chi connectivity index (χ3v) is 3.94. The number of ether oxygens (including phenoxy) is 1. The second-order valence-corrected chi connectivity index (χ2v) is 6.02. The molecule has 1 atom stereocenters. The van der Waals surface area contributed by atoms with Crippen LogP contribution in [0.3, 0.4) is 0 Å². The molecule has 0 radical (unpaired) electrons. The predicted octanol–water partition coefficient (Wildman–Crippen LogP) is 2.90. The lowest BCUT2D eigenvalue weighted by molar-refractivity contribution is -0.123. The average Bonchev–Trinajstić information content (AvgIpc) is 2.60. The average molecular weight is 358 g/mol. The molecule has 0 aliphatic carbocycles. The summed E-state index contributed by atoms with van der Waals surface area (Å²) in [6, 6.07) is 12.1. The van der Waals surface area contributed by atoms with Crippen molar-refractivity contribution < 1.29 is 9.53 Å². The summed E-state index contributed by atoms with van der Waals surface area (Å²) in [5.41, 5.74) is 3.54. The summed E-state index contributed by atoms with van der Waals surface area (Å²) in [6.45, 7) is 3.44. The molecule has 0 saturated heterocycles. The Balaban J connectivity index is 1.77. The first-order valence-corrected chi connectivity index (χ1v) is 8.03. The van der Waals surface area contributed by atoms with Crippen LogP contribution in [0.2, 0.25) is 5.02 Å². The lowest BCUT2D eigenvalue weighted by Gasteiger charge is -2.17. The van der Waals surface area contributed by atoms with Gasteiger partial charge in [-0.3, -0.25) is 15.0 Å². The number of nitrogens with zero attached hydrogens (tertiary/aromatic N) is 2. The first kappa shape index (κ1) is 17.0. The van der Waals surface area contributed by atoms with Crippen molar-refractivity contribution in [3.05, 3.63) is 69.7 Å². The van der Waals surface area contributed by atoms with Gasteiger partial charge in [-0.25, -0.2) is 9.66 Å². The fourth-order valence-corrected chi connectivity index (χ4v) is 2.57. The summed E-state index contributed by atoms with van der Waals surface area (Å²) < 4.78 is 6.71. The molecule has 0 fully saturated rings. The van der Waals surface area contributed by atoms with Crippen LogP contribution in [0.25, 0.3) is 10.9 Å². The first-order chi connectivity index (χ1) is 12.0. The van der Waals surface area contributed by atoms with Gasteiger partial charge in [-0.05, 0) is 49.7 Å². The summed E-state index contributed by atoms with van der Waals surface area (Å²) in [5.74, 6) is 0.0876. The van der Waals surface area contributed by atoms with Gasteiger partial charge in [0.1, 0.15) is 12.1 Å². The van der Waals surface area contributed by atoms with Crippen molar-refractivity contribution in [3.63, 3.8) is 0 Å². The zero-order valence-electron chi connectivity index (χ0n) is 13.7. The number of carbonyl (C=O) groups is 1. The minimum atomic E-state index is -0.807. The molecule has 1 aromatic heterocycles. The largest absolute Gasteiger partial charge is 0.481 e. The molecule has 3 rings (SSSR count). The van der Waals surface area contributed by atoms with Gasteiger partial charge in [-0.2, -0.15) is 0 Å². The summed E-state index contributed by atoms with van der Waals surface area (Å²) in [6.07, 6.45) is 0.473. The van der Waals surface area contributed by atoms with Crippen LogP contribution in [0.5, 0.6) is 5.75 Å². The highest BCUT2D eigenvalue weighted by Gasteiger charge is 2.17. The quantitative estimate of drug-likeness (QED) is 0.779. The lowest BCUT2D eigenvalue weighted by Crippen LogP contribution is -2.40. The smallest absolute Gasteiger partial charge is 0.280 e. The number of carbonyl (C=O) groups excluding carboxylic acids is 1. The van der Waals surface area contributed by atoms with Crippen LogP contribution in [0.1, 0.15) is 12.5 Å². The molecule has 2 aromatic carbocycles. The maximum Gasteiger partial charge on any atom is 0.280 e. The minimum absolute atomic E-state index is 0.353. The second kappa shape index (κ2) is 6.94. The Bertz CT molecular complexity index is 1000. The molecule has 1 unspecified atom stereocenters. The van der Waals surface area contributed by atoms with Crippen LogP contribution in [0.15, 0.2) is 53.6 Å². The van der Waals surface area contributed by atoms with E-state index in [4.69, 9.17) is 16.3 Å². The van der Waals surface area contributed by atoms with E-state index in [1.165, 1.54) is 6.33 Å². The molecule has 1 heterocycles. The highest BCUT2D eigenvalue weighted by molar-refractivity contribution is 6.30. The Kier molecular flexibility index (Phi) is 4.72. The Morgan fingerprint density at radius 3 is 2.80 bits per heavy atom. The van der Waals surface area contributed by atoms with E-state index in [-0.39, 0.29) is 5.56 Å². The van der Waals surface area contributed by atoms with Gasteiger partial charge < -0.3 is 4.74 Å². The van der Waals surface area contributed by atoms with Gasteiger partial charge in [0.25, 0.3) is 11.5 Å². The lowest BCUT2D eigenvalue weighted by atomic mass is 10.2.